The number of halogens is 1. The van der Waals surface area contributed by atoms with Crippen molar-refractivity contribution in [2.75, 3.05) is 5.33 Å². The lowest BCUT2D eigenvalue weighted by molar-refractivity contribution is -0.00603. The summed E-state index contributed by atoms with van der Waals surface area (Å²) in [5.41, 5.74) is -0.219. The van der Waals surface area contributed by atoms with E-state index < -0.39 is 11.6 Å². The Hall–Kier alpha value is -1.16. The summed E-state index contributed by atoms with van der Waals surface area (Å²) in [5, 5.41) is 0.329. The molecule has 4 heteroatoms. The highest BCUT2D eigenvalue weighted by Gasteiger charge is 2.45. The summed E-state index contributed by atoms with van der Waals surface area (Å²) in [6, 6.07) is 6.76. The van der Waals surface area contributed by atoms with Crippen LogP contribution in [0.5, 0.6) is 0 Å². The summed E-state index contributed by atoms with van der Waals surface area (Å²) in [6.45, 7) is 1.83. The van der Waals surface area contributed by atoms with E-state index in [1.165, 1.54) is 0 Å². The van der Waals surface area contributed by atoms with Gasteiger partial charge in [-0.25, -0.2) is 4.79 Å². The molecule has 0 N–H and O–H groups in total. The molecule has 84 valence electrons. The predicted molar refractivity (Wildman–Crippen MR) is 63.0 cm³/mol. The first kappa shape index (κ1) is 11.3. The first-order valence-electron chi connectivity index (χ1n) is 5.08. The molecule has 0 fully saturated rings. The molecule has 0 aliphatic carbocycles. The van der Waals surface area contributed by atoms with Gasteiger partial charge in [0.2, 0.25) is 5.78 Å². The zero-order valence-electron chi connectivity index (χ0n) is 8.83. The van der Waals surface area contributed by atoms with Gasteiger partial charge in [0.05, 0.1) is 10.9 Å². The molecule has 1 aromatic rings. The average molecular weight is 283 g/mol. The fourth-order valence-electron chi connectivity index (χ4n) is 1.80. The van der Waals surface area contributed by atoms with Crippen LogP contribution in [0.1, 0.15) is 34.1 Å². The largest absolute Gasteiger partial charge is 0.446 e. The van der Waals surface area contributed by atoms with Crippen molar-refractivity contribution in [2.45, 2.75) is 18.9 Å². The lowest BCUT2D eigenvalue weighted by atomic mass is 9.87. The van der Waals surface area contributed by atoms with Crippen LogP contribution in [-0.2, 0) is 4.74 Å². The minimum Gasteiger partial charge on any atom is -0.446 e. The van der Waals surface area contributed by atoms with Gasteiger partial charge in [0.15, 0.2) is 5.60 Å². The van der Waals surface area contributed by atoms with Crippen molar-refractivity contribution >= 4 is 27.7 Å². The maximum absolute atomic E-state index is 12.2. The number of carbonyl (C=O) groups excluding carboxylic acids is 2. The van der Waals surface area contributed by atoms with E-state index >= 15 is 0 Å². The Labute approximate surface area is 102 Å². The van der Waals surface area contributed by atoms with E-state index in [2.05, 4.69) is 15.9 Å². The highest BCUT2D eigenvalue weighted by atomic mass is 79.9. The molecule has 1 aromatic carbocycles. The van der Waals surface area contributed by atoms with Gasteiger partial charge in [-0.1, -0.05) is 41.1 Å². The highest BCUT2D eigenvalue weighted by molar-refractivity contribution is 9.09. The van der Waals surface area contributed by atoms with Crippen molar-refractivity contribution in [3.8, 4) is 0 Å². The number of cyclic esters (lactones) is 1. The lowest BCUT2D eigenvalue weighted by Crippen LogP contribution is -2.48. The molecule has 0 saturated heterocycles. The Bertz CT molecular complexity index is 449. The topological polar surface area (TPSA) is 43.4 Å². The molecule has 0 bridgehead atoms. The highest BCUT2D eigenvalue weighted by Crippen LogP contribution is 2.32. The number of rotatable bonds is 2. The molecule has 0 aromatic heterocycles. The summed E-state index contributed by atoms with van der Waals surface area (Å²) in [5.74, 6) is -0.543. The summed E-state index contributed by atoms with van der Waals surface area (Å²) >= 11 is 3.25. The van der Waals surface area contributed by atoms with Crippen molar-refractivity contribution in [3.05, 3.63) is 35.4 Å². The second kappa shape index (κ2) is 4.01. The smallest absolute Gasteiger partial charge is 0.339 e. The summed E-state index contributed by atoms with van der Waals surface area (Å²) in [7, 11) is 0. The van der Waals surface area contributed by atoms with Gasteiger partial charge >= 0.3 is 5.97 Å². The van der Waals surface area contributed by atoms with Crippen molar-refractivity contribution in [2.24, 2.45) is 0 Å². The molecule has 2 rings (SSSR count). The van der Waals surface area contributed by atoms with Gasteiger partial charge in [0.1, 0.15) is 0 Å². The second-order valence-electron chi connectivity index (χ2n) is 3.75. The molecule has 3 nitrogen and oxygen atoms in total. The van der Waals surface area contributed by atoms with Crippen LogP contribution in [0, 0.1) is 0 Å². The van der Waals surface area contributed by atoms with Crippen LogP contribution < -0.4 is 0 Å². The third-order valence-corrected chi connectivity index (χ3v) is 3.79. The van der Waals surface area contributed by atoms with Gasteiger partial charge in [0.25, 0.3) is 0 Å². The number of fused-ring (bicyclic) bond motifs is 1. The third kappa shape index (κ3) is 1.48. The summed E-state index contributed by atoms with van der Waals surface area (Å²) in [4.78, 5) is 24.0. The number of benzene rings is 1. The van der Waals surface area contributed by atoms with E-state index in [9.17, 15) is 9.59 Å². The van der Waals surface area contributed by atoms with E-state index in [1.54, 1.807) is 24.3 Å². The van der Waals surface area contributed by atoms with Crippen LogP contribution in [0.4, 0.5) is 0 Å². The third-order valence-electron chi connectivity index (χ3n) is 2.88. The van der Waals surface area contributed by atoms with Crippen molar-refractivity contribution in [1.82, 2.24) is 0 Å². The molecule has 1 heterocycles. The number of ketones is 1. The molecular formula is C12H11BrO3. The van der Waals surface area contributed by atoms with E-state index in [1.807, 2.05) is 6.92 Å². The Balaban J connectivity index is 2.58. The number of hydrogen-bond acceptors (Lipinski definition) is 3. The van der Waals surface area contributed by atoms with Crippen molar-refractivity contribution in [1.29, 1.82) is 0 Å². The zero-order valence-corrected chi connectivity index (χ0v) is 10.4. The number of hydrogen-bond donors (Lipinski definition) is 0. The van der Waals surface area contributed by atoms with Crippen LogP contribution in [0.15, 0.2) is 24.3 Å². The van der Waals surface area contributed by atoms with Gasteiger partial charge in [0, 0.05) is 5.56 Å². The van der Waals surface area contributed by atoms with Crippen molar-refractivity contribution in [3.63, 3.8) is 0 Å². The second-order valence-corrected chi connectivity index (χ2v) is 4.31. The Morgan fingerprint density at radius 2 is 1.88 bits per heavy atom. The molecule has 0 radical (unpaired) electrons. The zero-order chi connectivity index (χ0) is 11.8. The molecule has 1 aliphatic heterocycles. The molecule has 16 heavy (non-hydrogen) atoms. The van der Waals surface area contributed by atoms with Gasteiger partial charge < -0.3 is 4.74 Å². The normalized spacial score (nSPS) is 23.9. The molecule has 1 unspecified atom stereocenters. The van der Waals surface area contributed by atoms with E-state index in [0.29, 0.717) is 22.9 Å². The Morgan fingerprint density at radius 3 is 2.44 bits per heavy atom. The molecular weight excluding hydrogens is 272 g/mol. The number of alkyl halides is 1. The van der Waals surface area contributed by atoms with E-state index in [-0.39, 0.29) is 5.78 Å². The van der Waals surface area contributed by atoms with Crippen LogP contribution in [0.25, 0.3) is 0 Å². The van der Waals surface area contributed by atoms with Crippen LogP contribution in [0.3, 0.4) is 0 Å². The Kier molecular flexibility index (Phi) is 2.84. The average Bonchev–Trinajstić information content (AvgIpc) is 2.34. The molecule has 0 saturated carbocycles. The number of Topliss-reactive ketones (excluding diaryl/α,β-unsaturated/α-hetero) is 1. The standard InChI is InChI=1S/C12H11BrO3/c1-2-12(7-13)10(14)8-5-3-4-6-9(8)11(15)16-12/h3-6H,2,7H2,1H3. The monoisotopic (exact) mass is 282 g/mol. The van der Waals surface area contributed by atoms with E-state index in [4.69, 9.17) is 4.74 Å². The van der Waals surface area contributed by atoms with Crippen molar-refractivity contribution < 1.29 is 14.3 Å². The number of ether oxygens (including phenoxy) is 1. The quantitative estimate of drug-likeness (QED) is 0.619. The van der Waals surface area contributed by atoms with Crippen LogP contribution in [-0.4, -0.2) is 22.7 Å². The fraction of sp³-hybridized carbons (Fsp3) is 0.333. The fourth-order valence-corrected chi connectivity index (χ4v) is 2.56. The maximum atomic E-state index is 12.2. The SMILES string of the molecule is CCC1(CBr)OC(=O)c2ccccc2C1=O. The number of carbonyl (C=O) groups is 2. The lowest BCUT2D eigenvalue weighted by Gasteiger charge is -2.33. The van der Waals surface area contributed by atoms with Gasteiger partial charge in [-0.2, -0.15) is 0 Å². The van der Waals surface area contributed by atoms with Gasteiger partial charge in [-0.3, -0.25) is 4.79 Å². The van der Waals surface area contributed by atoms with Crippen LogP contribution >= 0.6 is 15.9 Å². The predicted octanol–water partition coefficient (Wildman–Crippen LogP) is 2.58. The molecule has 1 atom stereocenters. The first-order chi connectivity index (χ1) is 7.64. The summed E-state index contributed by atoms with van der Waals surface area (Å²) in [6.07, 6.45) is 0.469. The van der Waals surface area contributed by atoms with E-state index in [0.717, 1.165) is 0 Å². The minimum atomic E-state index is -1.04. The molecule has 0 spiro atoms. The molecule has 1 aliphatic rings. The summed E-state index contributed by atoms with van der Waals surface area (Å²) < 4.78 is 5.28. The minimum absolute atomic E-state index is 0.123. The van der Waals surface area contributed by atoms with Gasteiger partial charge in [-0.15, -0.1) is 0 Å². The van der Waals surface area contributed by atoms with Gasteiger partial charge in [-0.05, 0) is 12.5 Å². The number of esters is 1. The molecule has 0 amide bonds. The first-order valence-corrected chi connectivity index (χ1v) is 6.20. The maximum Gasteiger partial charge on any atom is 0.339 e. The Morgan fingerprint density at radius 1 is 1.25 bits per heavy atom. The van der Waals surface area contributed by atoms with Crippen LogP contribution in [0.2, 0.25) is 0 Å².